The van der Waals surface area contributed by atoms with E-state index in [-0.39, 0.29) is 24.3 Å². The van der Waals surface area contributed by atoms with E-state index in [1.54, 1.807) is 18.2 Å². The topological polar surface area (TPSA) is 38.3 Å². The van der Waals surface area contributed by atoms with Crippen molar-refractivity contribution < 1.29 is 13.9 Å². The lowest BCUT2D eigenvalue weighted by Crippen LogP contribution is -2.31. The van der Waals surface area contributed by atoms with E-state index in [0.717, 1.165) is 5.56 Å². The highest BCUT2D eigenvalue weighted by Crippen LogP contribution is 2.22. The lowest BCUT2D eigenvalue weighted by Gasteiger charge is -2.16. The molecule has 1 N–H and O–H groups in total. The zero-order valence-corrected chi connectivity index (χ0v) is 12.2. The van der Waals surface area contributed by atoms with Gasteiger partial charge in [-0.25, -0.2) is 4.39 Å². The number of hydrogen-bond acceptors (Lipinski definition) is 2. The molecule has 110 valence electrons. The third-order valence-electron chi connectivity index (χ3n) is 2.94. The van der Waals surface area contributed by atoms with Crippen LogP contribution in [0.25, 0.3) is 0 Å². The van der Waals surface area contributed by atoms with Gasteiger partial charge in [0.05, 0.1) is 6.04 Å². The SMILES string of the molecule is C[C@H](NC(=O)COc1ccccc1F)c1ccccc1Cl. The molecule has 0 heterocycles. The Morgan fingerprint density at radius 1 is 1.24 bits per heavy atom. The number of carbonyl (C=O) groups is 1. The number of halogens is 2. The quantitative estimate of drug-likeness (QED) is 0.914. The molecule has 1 amide bonds. The molecule has 0 aliphatic carbocycles. The summed E-state index contributed by atoms with van der Waals surface area (Å²) in [7, 11) is 0. The van der Waals surface area contributed by atoms with Crippen molar-refractivity contribution in [2.24, 2.45) is 0 Å². The second kappa shape index (κ2) is 7.09. The van der Waals surface area contributed by atoms with E-state index in [2.05, 4.69) is 5.32 Å². The number of para-hydroxylation sites is 1. The van der Waals surface area contributed by atoms with Gasteiger partial charge in [-0.15, -0.1) is 0 Å². The first-order valence-corrected chi connectivity index (χ1v) is 6.87. The van der Waals surface area contributed by atoms with Gasteiger partial charge in [-0.1, -0.05) is 41.9 Å². The summed E-state index contributed by atoms with van der Waals surface area (Å²) in [6.07, 6.45) is 0. The number of rotatable bonds is 5. The number of ether oxygens (including phenoxy) is 1. The van der Waals surface area contributed by atoms with E-state index < -0.39 is 5.82 Å². The minimum atomic E-state index is -0.496. The number of benzene rings is 2. The summed E-state index contributed by atoms with van der Waals surface area (Å²) in [5.41, 5.74) is 0.818. The maximum Gasteiger partial charge on any atom is 0.258 e. The number of amides is 1. The lowest BCUT2D eigenvalue weighted by atomic mass is 10.1. The molecule has 0 radical (unpaired) electrons. The number of nitrogens with one attached hydrogen (secondary N) is 1. The average molecular weight is 308 g/mol. The Kier molecular flexibility index (Phi) is 5.17. The Morgan fingerprint density at radius 2 is 1.90 bits per heavy atom. The van der Waals surface area contributed by atoms with Crippen molar-refractivity contribution in [1.29, 1.82) is 0 Å². The van der Waals surface area contributed by atoms with Crippen molar-refractivity contribution >= 4 is 17.5 Å². The molecular weight excluding hydrogens is 293 g/mol. The van der Waals surface area contributed by atoms with E-state index in [9.17, 15) is 9.18 Å². The van der Waals surface area contributed by atoms with Crippen LogP contribution in [0.5, 0.6) is 5.75 Å². The summed E-state index contributed by atoms with van der Waals surface area (Å²) in [5.74, 6) is -0.784. The Labute approximate surface area is 127 Å². The molecule has 1 atom stereocenters. The molecule has 0 aliphatic heterocycles. The van der Waals surface area contributed by atoms with Crippen molar-refractivity contribution in [2.45, 2.75) is 13.0 Å². The maximum atomic E-state index is 13.3. The van der Waals surface area contributed by atoms with Crippen molar-refractivity contribution in [3.63, 3.8) is 0 Å². The Morgan fingerprint density at radius 3 is 2.62 bits per heavy atom. The second-order valence-electron chi connectivity index (χ2n) is 4.53. The van der Waals surface area contributed by atoms with Gasteiger partial charge in [0.1, 0.15) is 0 Å². The molecule has 5 heteroatoms. The van der Waals surface area contributed by atoms with Gasteiger partial charge in [-0.05, 0) is 30.7 Å². The van der Waals surface area contributed by atoms with E-state index in [1.807, 2.05) is 25.1 Å². The maximum absolute atomic E-state index is 13.3. The smallest absolute Gasteiger partial charge is 0.258 e. The first-order valence-electron chi connectivity index (χ1n) is 6.49. The molecule has 21 heavy (non-hydrogen) atoms. The van der Waals surface area contributed by atoms with Crippen molar-refractivity contribution in [3.8, 4) is 5.75 Å². The molecule has 2 rings (SSSR count). The van der Waals surface area contributed by atoms with Crippen molar-refractivity contribution in [1.82, 2.24) is 5.32 Å². The van der Waals surface area contributed by atoms with Crippen LogP contribution >= 0.6 is 11.6 Å². The van der Waals surface area contributed by atoms with Crippen LogP contribution in [0.3, 0.4) is 0 Å². The molecule has 0 saturated carbocycles. The number of hydrogen-bond donors (Lipinski definition) is 1. The molecule has 3 nitrogen and oxygen atoms in total. The number of carbonyl (C=O) groups excluding carboxylic acids is 1. The minimum Gasteiger partial charge on any atom is -0.481 e. The van der Waals surface area contributed by atoms with E-state index in [4.69, 9.17) is 16.3 Å². The first-order chi connectivity index (χ1) is 10.1. The summed E-state index contributed by atoms with van der Waals surface area (Å²) >= 11 is 6.06. The van der Waals surface area contributed by atoms with Crippen LogP contribution in [0.1, 0.15) is 18.5 Å². The fourth-order valence-corrected chi connectivity index (χ4v) is 2.19. The molecule has 2 aromatic rings. The van der Waals surface area contributed by atoms with Crippen LogP contribution in [0, 0.1) is 5.82 Å². The lowest BCUT2D eigenvalue weighted by molar-refractivity contribution is -0.123. The summed E-state index contributed by atoms with van der Waals surface area (Å²) < 4.78 is 18.5. The second-order valence-corrected chi connectivity index (χ2v) is 4.94. The average Bonchev–Trinajstić information content (AvgIpc) is 2.46. The fraction of sp³-hybridized carbons (Fsp3) is 0.188. The van der Waals surface area contributed by atoms with E-state index in [1.165, 1.54) is 12.1 Å². The summed E-state index contributed by atoms with van der Waals surface area (Å²) in [4.78, 5) is 11.8. The van der Waals surface area contributed by atoms with Crippen molar-refractivity contribution in [2.75, 3.05) is 6.61 Å². The van der Waals surface area contributed by atoms with Gasteiger partial charge in [0.2, 0.25) is 0 Å². The summed E-state index contributed by atoms with van der Waals surface area (Å²) in [5, 5.41) is 3.34. The predicted molar refractivity (Wildman–Crippen MR) is 79.9 cm³/mol. The fourth-order valence-electron chi connectivity index (χ4n) is 1.89. The Bertz CT molecular complexity index is 633. The molecule has 0 aliphatic rings. The molecule has 0 aromatic heterocycles. The van der Waals surface area contributed by atoms with Crippen LogP contribution in [0.15, 0.2) is 48.5 Å². The third kappa shape index (κ3) is 4.20. The zero-order chi connectivity index (χ0) is 15.2. The first kappa shape index (κ1) is 15.3. The van der Waals surface area contributed by atoms with Crippen LogP contribution in [0.4, 0.5) is 4.39 Å². The van der Waals surface area contributed by atoms with Crippen LogP contribution in [-0.4, -0.2) is 12.5 Å². The Balaban J connectivity index is 1.90. The normalized spacial score (nSPS) is 11.8. The van der Waals surface area contributed by atoms with Gasteiger partial charge in [-0.3, -0.25) is 4.79 Å². The van der Waals surface area contributed by atoms with Crippen LogP contribution in [-0.2, 0) is 4.79 Å². The van der Waals surface area contributed by atoms with Crippen LogP contribution in [0.2, 0.25) is 5.02 Å². The van der Waals surface area contributed by atoms with Gasteiger partial charge >= 0.3 is 0 Å². The van der Waals surface area contributed by atoms with Crippen molar-refractivity contribution in [3.05, 3.63) is 64.9 Å². The molecule has 0 bridgehead atoms. The minimum absolute atomic E-state index is 0.0537. The van der Waals surface area contributed by atoms with Gasteiger partial charge < -0.3 is 10.1 Å². The molecule has 0 saturated heterocycles. The molecule has 0 unspecified atom stereocenters. The van der Waals surface area contributed by atoms with Gasteiger partial charge in [-0.2, -0.15) is 0 Å². The molecular formula is C16H15ClFNO2. The zero-order valence-electron chi connectivity index (χ0n) is 11.5. The van der Waals surface area contributed by atoms with E-state index in [0.29, 0.717) is 5.02 Å². The monoisotopic (exact) mass is 307 g/mol. The van der Waals surface area contributed by atoms with Gasteiger partial charge in [0.15, 0.2) is 18.2 Å². The predicted octanol–water partition coefficient (Wildman–Crippen LogP) is 3.74. The largest absolute Gasteiger partial charge is 0.481 e. The summed E-state index contributed by atoms with van der Waals surface area (Å²) in [6, 6.07) is 13.0. The Hall–Kier alpha value is -2.07. The highest BCUT2D eigenvalue weighted by molar-refractivity contribution is 6.31. The highest BCUT2D eigenvalue weighted by Gasteiger charge is 2.13. The van der Waals surface area contributed by atoms with Gasteiger partial charge in [0.25, 0.3) is 5.91 Å². The standard InChI is InChI=1S/C16H15ClFNO2/c1-11(12-6-2-3-7-13(12)17)19-16(20)10-21-15-9-5-4-8-14(15)18/h2-9,11H,10H2,1H3,(H,19,20)/t11-/m0/s1. The van der Waals surface area contributed by atoms with Gasteiger partial charge in [0, 0.05) is 5.02 Å². The van der Waals surface area contributed by atoms with E-state index >= 15 is 0 Å². The highest BCUT2D eigenvalue weighted by atomic mass is 35.5. The van der Waals surface area contributed by atoms with Crippen LogP contribution < -0.4 is 10.1 Å². The molecule has 0 spiro atoms. The third-order valence-corrected chi connectivity index (χ3v) is 3.29. The molecule has 0 fully saturated rings. The summed E-state index contributed by atoms with van der Waals surface area (Å²) in [6.45, 7) is 1.57. The molecule has 2 aromatic carbocycles.